The van der Waals surface area contributed by atoms with Gasteiger partial charge in [0.2, 0.25) is 5.76 Å². The van der Waals surface area contributed by atoms with Gasteiger partial charge in [0, 0.05) is 13.5 Å². The summed E-state index contributed by atoms with van der Waals surface area (Å²) in [6.45, 7) is 3.58. The lowest BCUT2D eigenvalue weighted by Crippen LogP contribution is -2.23. The first-order valence-electron chi connectivity index (χ1n) is 6.02. The van der Waals surface area contributed by atoms with E-state index >= 15 is 0 Å². The SMILES string of the molecule is Cc1nc(C)c(C(=O)NCc2cccc(C(=O)O)c2)o1. The van der Waals surface area contributed by atoms with Crippen molar-refractivity contribution < 1.29 is 19.1 Å². The Morgan fingerprint density at radius 2 is 2.10 bits per heavy atom. The Bertz CT molecular complexity index is 661. The quantitative estimate of drug-likeness (QED) is 0.888. The molecule has 0 unspecified atom stereocenters. The Labute approximate surface area is 115 Å². The van der Waals surface area contributed by atoms with E-state index in [0.717, 1.165) is 0 Å². The summed E-state index contributed by atoms with van der Waals surface area (Å²) in [6.07, 6.45) is 0. The number of amides is 1. The molecule has 104 valence electrons. The molecule has 20 heavy (non-hydrogen) atoms. The summed E-state index contributed by atoms with van der Waals surface area (Å²) in [5.74, 6) is -0.763. The standard InChI is InChI=1S/C14H14N2O4/c1-8-12(20-9(2)16-8)13(17)15-7-10-4-3-5-11(6-10)14(18)19/h3-6H,7H2,1-2H3,(H,15,17)(H,18,19). The van der Waals surface area contributed by atoms with Gasteiger partial charge in [0.15, 0.2) is 5.89 Å². The minimum Gasteiger partial charge on any atom is -0.478 e. The van der Waals surface area contributed by atoms with Crippen LogP contribution in [0.2, 0.25) is 0 Å². The first kappa shape index (κ1) is 13.8. The second-order valence-corrected chi connectivity index (χ2v) is 4.34. The number of oxazole rings is 1. The normalized spacial score (nSPS) is 10.3. The van der Waals surface area contributed by atoms with Gasteiger partial charge >= 0.3 is 5.97 Å². The van der Waals surface area contributed by atoms with Crippen molar-refractivity contribution in [1.29, 1.82) is 0 Å². The summed E-state index contributed by atoms with van der Waals surface area (Å²) < 4.78 is 5.21. The van der Waals surface area contributed by atoms with Gasteiger partial charge in [-0.1, -0.05) is 12.1 Å². The highest BCUT2D eigenvalue weighted by molar-refractivity contribution is 5.92. The maximum Gasteiger partial charge on any atom is 0.335 e. The molecule has 0 radical (unpaired) electrons. The van der Waals surface area contributed by atoms with Crippen molar-refractivity contribution in [3.8, 4) is 0 Å². The highest BCUT2D eigenvalue weighted by Crippen LogP contribution is 2.10. The van der Waals surface area contributed by atoms with E-state index in [9.17, 15) is 9.59 Å². The van der Waals surface area contributed by atoms with E-state index in [2.05, 4.69) is 10.3 Å². The zero-order valence-corrected chi connectivity index (χ0v) is 11.1. The number of hydrogen-bond donors (Lipinski definition) is 2. The number of carbonyl (C=O) groups excluding carboxylic acids is 1. The molecule has 0 aliphatic carbocycles. The fourth-order valence-corrected chi connectivity index (χ4v) is 1.82. The van der Waals surface area contributed by atoms with Gasteiger partial charge in [0.25, 0.3) is 5.91 Å². The highest BCUT2D eigenvalue weighted by Gasteiger charge is 2.15. The number of carboxylic acids is 1. The smallest absolute Gasteiger partial charge is 0.335 e. The predicted molar refractivity (Wildman–Crippen MR) is 70.5 cm³/mol. The lowest BCUT2D eigenvalue weighted by Gasteiger charge is -2.04. The largest absolute Gasteiger partial charge is 0.478 e. The van der Waals surface area contributed by atoms with Gasteiger partial charge in [-0.05, 0) is 24.6 Å². The molecule has 0 atom stereocenters. The van der Waals surface area contributed by atoms with Crippen LogP contribution >= 0.6 is 0 Å². The van der Waals surface area contributed by atoms with Crippen molar-refractivity contribution in [2.45, 2.75) is 20.4 Å². The monoisotopic (exact) mass is 274 g/mol. The van der Waals surface area contributed by atoms with Crippen LogP contribution in [-0.2, 0) is 6.54 Å². The Morgan fingerprint density at radius 3 is 2.70 bits per heavy atom. The van der Waals surface area contributed by atoms with Crippen LogP contribution in [0.5, 0.6) is 0 Å². The molecular formula is C14H14N2O4. The summed E-state index contributed by atoms with van der Waals surface area (Å²) >= 11 is 0. The third-order valence-electron chi connectivity index (χ3n) is 2.74. The molecule has 0 aliphatic heterocycles. The van der Waals surface area contributed by atoms with Gasteiger partial charge < -0.3 is 14.8 Å². The van der Waals surface area contributed by atoms with Gasteiger partial charge in [-0.15, -0.1) is 0 Å². The van der Waals surface area contributed by atoms with E-state index in [-0.39, 0.29) is 23.8 Å². The molecule has 0 saturated heterocycles. The number of nitrogens with zero attached hydrogens (tertiary/aromatic N) is 1. The number of aromatic carboxylic acids is 1. The topological polar surface area (TPSA) is 92.4 Å². The lowest BCUT2D eigenvalue weighted by atomic mass is 10.1. The fraction of sp³-hybridized carbons (Fsp3) is 0.214. The van der Waals surface area contributed by atoms with Crippen LogP contribution in [0.15, 0.2) is 28.7 Å². The molecule has 0 spiro atoms. The van der Waals surface area contributed by atoms with E-state index in [1.165, 1.54) is 12.1 Å². The first-order valence-corrected chi connectivity index (χ1v) is 6.02. The van der Waals surface area contributed by atoms with Crippen LogP contribution in [0.3, 0.4) is 0 Å². The number of rotatable bonds is 4. The first-order chi connectivity index (χ1) is 9.47. The van der Waals surface area contributed by atoms with E-state index in [0.29, 0.717) is 17.1 Å². The average molecular weight is 274 g/mol. The zero-order valence-electron chi connectivity index (χ0n) is 11.1. The van der Waals surface area contributed by atoms with Crippen LogP contribution in [0.1, 0.15) is 38.1 Å². The van der Waals surface area contributed by atoms with Crippen molar-refractivity contribution in [3.05, 3.63) is 52.7 Å². The minimum atomic E-state index is -1.00. The molecule has 2 N–H and O–H groups in total. The molecule has 1 amide bonds. The summed E-state index contributed by atoms with van der Waals surface area (Å²) in [6, 6.07) is 6.39. The van der Waals surface area contributed by atoms with Crippen LogP contribution in [0.25, 0.3) is 0 Å². The number of aryl methyl sites for hydroxylation is 2. The Hall–Kier alpha value is -2.63. The molecule has 6 nitrogen and oxygen atoms in total. The number of nitrogens with one attached hydrogen (secondary N) is 1. The van der Waals surface area contributed by atoms with Crippen molar-refractivity contribution in [2.24, 2.45) is 0 Å². The van der Waals surface area contributed by atoms with Gasteiger partial charge in [-0.3, -0.25) is 4.79 Å². The van der Waals surface area contributed by atoms with E-state index < -0.39 is 5.97 Å². The van der Waals surface area contributed by atoms with E-state index in [1.807, 2.05) is 0 Å². The van der Waals surface area contributed by atoms with Gasteiger partial charge in [0.05, 0.1) is 11.3 Å². The number of carboxylic acid groups (broad SMARTS) is 1. The van der Waals surface area contributed by atoms with E-state index in [4.69, 9.17) is 9.52 Å². The molecule has 1 aromatic heterocycles. The van der Waals surface area contributed by atoms with Crippen molar-refractivity contribution >= 4 is 11.9 Å². The number of benzene rings is 1. The molecule has 1 aromatic carbocycles. The van der Waals surface area contributed by atoms with Crippen molar-refractivity contribution in [2.75, 3.05) is 0 Å². The Balaban J connectivity index is 2.05. The van der Waals surface area contributed by atoms with Crippen LogP contribution in [0.4, 0.5) is 0 Å². The van der Waals surface area contributed by atoms with Gasteiger partial charge in [-0.2, -0.15) is 0 Å². The van der Waals surface area contributed by atoms with Crippen molar-refractivity contribution in [1.82, 2.24) is 10.3 Å². The molecule has 2 aromatic rings. The lowest BCUT2D eigenvalue weighted by molar-refractivity contribution is 0.0696. The average Bonchev–Trinajstić information content (AvgIpc) is 2.75. The molecule has 0 aliphatic rings. The van der Waals surface area contributed by atoms with E-state index in [1.54, 1.807) is 26.0 Å². The molecule has 0 fully saturated rings. The number of hydrogen-bond acceptors (Lipinski definition) is 4. The molecule has 1 heterocycles. The predicted octanol–water partition coefficient (Wildman–Crippen LogP) is 1.92. The maximum absolute atomic E-state index is 11.9. The summed E-state index contributed by atoms with van der Waals surface area (Å²) in [4.78, 5) is 26.8. The Morgan fingerprint density at radius 1 is 1.35 bits per heavy atom. The maximum atomic E-state index is 11.9. The number of carbonyl (C=O) groups is 2. The molecule has 0 bridgehead atoms. The Kier molecular flexibility index (Phi) is 3.84. The number of aromatic nitrogens is 1. The summed E-state index contributed by atoms with van der Waals surface area (Å²) in [5.41, 5.74) is 1.41. The third-order valence-corrected chi connectivity index (χ3v) is 2.74. The fourth-order valence-electron chi connectivity index (χ4n) is 1.82. The van der Waals surface area contributed by atoms with Crippen LogP contribution in [0, 0.1) is 13.8 Å². The molecular weight excluding hydrogens is 260 g/mol. The van der Waals surface area contributed by atoms with Gasteiger partial charge in [0.1, 0.15) is 0 Å². The third kappa shape index (κ3) is 3.03. The zero-order chi connectivity index (χ0) is 14.7. The second kappa shape index (κ2) is 5.56. The molecule has 2 rings (SSSR count). The van der Waals surface area contributed by atoms with Crippen LogP contribution < -0.4 is 5.32 Å². The highest BCUT2D eigenvalue weighted by atomic mass is 16.4. The van der Waals surface area contributed by atoms with Crippen molar-refractivity contribution in [3.63, 3.8) is 0 Å². The second-order valence-electron chi connectivity index (χ2n) is 4.34. The summed E-state index contributed by atoms with van der Waals surface area (Å²) in [7, 11) is 0. The van der Waals surface area contributed by atoms with Gasteiger partial charge in [-0.25, -0.2) is 9.78 Å². The minimum absolute atomic E-state index is 0.178. The molecule has 6 heteroatoms. The van der Waals surface area contributed by atoms with Crippen LogP contribution in [-0.4, -0.2) is 22.0 Å². The summed E-state index contributed by atoms with van der Waals surface area (Å²) in [5, 5.41) is 11.6. The molecule has 0 saturated carbocycles.